The van der Waals surface area contributed by atoms with E-state index in [4.69, 9.17) is 11.6 Å². The molecule has 0 atom stereocenters. The summed E-state index contributed by atoms with van der Waals surface area (Å²) in [5.41, 5.74) is 2.82. The maximum absolute atomic E-state index is 13.0. The highest BCUT2D eigenvalue weighted by Crippen LogP contribution is 2.31. The summed E-state index contributed by atoms with van der Waals surface area (Å²) in [6, 6.07) is 16.2. The highest BCUT2D eigenvalue weighted by Gasteiger charge is 2.21. The van der Waals surface area contributed by atoms with E-state index in [1.807, 2.05) is 24.3 Å². The summed E-state index contributed by atoms with van der Waals surface area (Å²) in [5.74, 6) is 0. The number of sulfonamides is 1. The smallest absolute Gasteiger partial charge is 0.262 e. The van der Waals surface area contributed by atoms with Gasteiger partial charge in [0.05, 0.1) is 10.6 Å². The first-order valence-corrected chi connectivity index (χ1v) is 9.94. The Balaban J connectivity index is 1.81. The quantitative estimate of drug-likeness (QED) is 0.732. The van der Waals surface area contributed by atoms with Gasteiger partial charge in [0.25, 0.3) is 10.0 Å². The second-order valence-electron chi connectivity index (χ2n) is 6.07. The zero-order chi connectivity index (χ0) is 17.4. The summed E-state index contributed by atoms with van der Waals surface area (Å²) >= 11 is 6.21. The molecule has 4 rings (SSSR count). The first-order chi connectivity index (χ1) is 12.1. The average molecular weight is 373 g/mol. The van der Waals surface area contributed by atoms with Crippen molar-refractivity contribution in [1.29, 1.82) is 0 Å². The standard InChI is InChI=1S/C19H17ClN2O2S/c20-17-7-2-6-15-14(17)5-3-9-19(15)25(23,24)22-18-8-1-4-13-10-11-21-12-16(13)18/h1-9,21-22H,10-12H2. The monoisotopic (exact) mass is 372 g/mol. The normalized spacial score (nSPS) is 14.3. The molecule has 2 N–H and O–H groups in total. The lowest BCUT2D eigenvalue weighted by Crippen LogP contribution is -2.25. The number of hydrogen-bond acceptors (Lipinski definition) is 3. The molecular formula is C19H17ClN2O2S. The van der Waals surface area contributed by atoms with Crippen molar-refractivity contribution in [3.63, 3.8) is 0 Å². The summed E-state index contributed by atoms with van der Waals surface area (Å²) in [4.78, 5) is 0.230. The lowest BCUT2D eigenvalue weighted by Gasteiger charge is -2.21. The van der Waals surface area contributed by atoms with Crippen LogP contribution in [0.5, 0.6) is 0 Å². The molecular weight excluding hydrogens is 356 g/mol. The van der Waals surface area contributed by atoms with E-state index in [1.54, 1.807) is 30.3 Å². The number of benzene rings is 3. The fraction of sp³-hybridized carbons (Fsp3) is 0.158. The molecule has 0 saturated heterocycles. The van der Waals surface area contributed by atoms with Gasteiger partial charge in [0.2, 0.25) is 0 Å². The maximum atomic E-state index is 13.0. The SMILES string of the molecule is O=S(=O)(Nc1cccc2c1CNCC2)c1cccc2c(Cl)cccc12. The fourth-order valence-electron chi connectivity index (χ4n) is 3.29. The molecule has 0 aromatic heterocycles. The molecule has 0 amide bonds. The van der Waals surface area contributed by atoms with Crippen LogP contribution in [-0.2, 0) is 23.0 Å². The van der Waals surface area contributed by atoms with E-state index in [2.05, 4.69) is 10.0 Å². The molecule has 4 nitrogen and oxygen atoms in total. The molecule has 0 unspecified atom stereocenters. The predicted octanol–water partition coefficient (Wildman–Crippen LogP) is 3.94. The van der Waals surface area contributed by atoms with Crippen LogP contribution in [0.3, 0.4) is 0 Å². The van der Waals surface area contributed by atoms with Crippen LogP contribution in [0, 0.1) is 0 Å². The lowest BCUT2D eigenvalue weighted by atomic mass is 10.00. The molecule has 25 heavy (non-hydrogen) atoms. The highest BCUT2D eigenvalue weighted by atomic mass is 35.5. The second kappa shape index (κ2) is 6.33. The summed E-state index contributed by atoms with van der Waals surface area (Å²) < 4.78 is 28.8. The van der Waals surface area contributed by atoms with Crippen LogP contribution >= 0.6 is 11.6 Å². The van der Waals surface area contributed by atoms with Gasteiger partial charge in [-0.1, -0.05) is 48.0 Å². The van der Waals surface area contributed by atoms with E-state index < -0.39 is 10.0 Å². The highest BCUT2D eigenvalue weighted by molar-refractivity contribution is 7.93. The minimum atomic E-state index is -3.73. The largest absolute Gasteiger partial charge is 0.312 e. The number of hydrogen-bond donors (Lipinski definition) is 2. The first-order valence-electron chi connectivity index (χ1n) is 8.08. The molecule has 1 aliphatic heterocycles. The first kappa shape index (κ1) is 16.4. The number of anilines is 1. The van der Waals surface area contributed by atoms with Crippen molar-refractivity contribution in [3.05, 3.63) is 70.7 Å². The van der Waals surface area contributed by atoms with Crippen LogP contribution in [0.15, 0.2) is 59.5 Å². The van der Waals surface area contributed by atoms with Crippen LogP contribution in [0.25, 0.3) is 10.8 Å². The minimum absolute atomic E-state index is 0.230. The molecule has 1 heterocycles. The molecule has 3 aromatic rings. The van der Waals surface area contributed by atoms with E-state index >= 15 is 0 Å². The Bertz CT molecular complexity index is 1060. The molecule has 0 spiro atoms. The van der Waals surface area contributed by atoms with E-state index in [0.717, 1.165) is 23.9 Å². The van der Waals surface area contributed by atoms with Crippen molar-refractivity contribution in [2.75, 3.05) is 11.3 Å². The molecule has 128 valence electrons. The summed E-state index contributed by atoms with van der Waals surface area (Å²) in [6.45, 7) is 1.57. The molecule has 0 fully saturated rings. The zero-order valence-corrected chi connectivity index (χ0v) is 15.0. The Kier molecular flexibility index (Phi) is 4.15. The maximum Gasteiger partial charge on any atom is 0.262 e. The molecule has 0 bridgehead atoms. The molecule has 0 aliphatic carbocycles. The second-order valence-corrected chi connectivity index (χ2v) is 8.12. The molecule has 1 aliphatic rings. The summed E-state index contributed by atoms with van der Waals surface area (Å²) in [5, 5.41) is 5.17. The Morgan fingerprint density at radius 3 is 2.60 bits per heavy atom. The van der Waals surface area contributed by atoms with Crippen LogP contribution in [0.1, 0.15) is 11.1 Å². The lowest BCUT2D eigenvalue weighted by molar-refractivity contribution is 0.601. The van der Waals surface area contributed by atoms with Crippen LogP contribution < -0.4 is 10.0 Å². The Morgan fingerprint density at radius 1 is 0.960 bits per heavy atom. The third kappa shape index (κ3) is 2.99. The van der Waals surface area contributed by atoms with Gasteiger partial charge in [-0.15, -0.1) is 0 Å². The predicted molar refractivity (Wildman–Crippen MR) is 102 cm³/mol. The molecule has 0 radical (unpaired) electrons. The van der Waals surface area contributed by atoms with Crippen LogP contribution in [0.2, 0.25) is 5.02 Å². The molecule has 3 aromatic carbocycles. The Morgan fingerprint density at radius 2 is 1.72 bits per heavy atom. The van der Waals surface area contributed by atoms with Crippen LogP contribution in [0.4, 0.5) is 5.69 Å². The number of rotatable bonds is 3. The van der Waals surface area contributed by atoms with E-state index in [9.17, 15) is 8.42 Å². The van der Waals surface area contributed by atoms with Crippen molar-refractivity contribution >= 4 is 38.1 Å². The van der Waals surface area contributed by atoms with Gasteiger partial charge in [0.1, 0.15) is 0 Å². The zero-order valence-electron chi connectivity index (χ0n) is 13.4. The van der Waals surface area contributed by atoms with Gasteiger partial charge < -0.3 is 5.32 Å². The van der Waals surface area contributed by atoms with Crippen molar-refractivity contribution in [1.82, 2.24) is 5.32 Å². The van der Waals surface area contributed by atoms with Crippen molar-refractivity contribution in [2.24, 2.45) is 0 Å². The van der Waals surface area contributed by atoms with Gasteiger partial charge in [0.15, 0.2) is 0 Å². The van der Waals surface area contributed by atoms with E-state index in [1.165, 1.54) is 5.56 Å². The van der Waals surface area contributed by atoms with Gasteiger partial charge in [-0.25, -0.2) is 8.42 Å². The minimum Gasteiger partial charge on any atom is -0.312 e. The number of nitrogens with one attached hydrogen (secondary N) is 2. The molecule has 6 heteroatoms. The van der Waals surface area contributed by atoms with Gasteiger partial charge in [0, 0.05) is 22.3 Å². The van der Waals surface area contributed by atoms with Gasteiger partial charge in [-0.3, -0.25) is 4.72 Å². The van der Waals surface area contributed by atoms with Gasteiger partial charge in [-0.05, 0) is 42.3 Å². The van der Waals surface area contributed by atoms with Crippen molar-refractivity contribution < 1.29 is 8.42 Å². The van der Waals surface area contributed by atoms with E-state index in [-0.39, 0.29) is 4.90 Å². The fourth-order valence-corrected chi connectivity index (χ4v) is 4.84. The average Bonchev–Trinajstić information content (AvgIpc) is 2.62. The van der Waals surface area contributed by atoms with Gasteiger partial charge >= 0.3 is 0 Å². The van der Waals surface area contributed by atoms with Crippen LogP contribution in [-0.4, -0.2) is 15.0 Å². The summed E-state index contributed by atoms with van der Waals surface area (Å²) in [7, 11) is -3.73. The van der Waals surface area contributed by atoms with Crippen molar-refractivity contribution in [2.45, 2.75) is 17.9 Å². The Hall–Kier alpha value is -2.08. The van der Waals surface area contributed by atoms with E-state index in [0.29, 0.717) is 22.6 Å². The third-order valence-electron chi connectivity index (χ3n) is 4.51. The Labute approximate surface area is 151 Å². The topological polar surface area (TPSA) is 58.2 Å². The third-order valence-corrected chi connectivity index (χ3v) is 6.26. The molecule has 0 saturated carbocycles. The van der Waals surface area contributed by atoms with Gasteiger partial charge in [-0.2, -0.15) is 0 Å². The number of halogens is 1. The number of fused-ring (bicyclic) bond motifs is 2. The van der Waals surface area contributed by atoms with Crippen molar-refractivity contribution in [3.8, 4) is 0 Å². The summed E-state index contributed by atoms with van der Waals surface area (Å²) in [6.07, 6.45) is 0.898.